The molecule has 2 aliphatic rings. The van der Waals surface area contributed by atoms with Crippen LogP contribution in [0.3, 0.4) is 0 Å². The molecule has 0 radical (unpaired) electrons. The second-order valence-electron chi connectivity index (χ2n) is 8.34. The molecule has 0 spiro atoms. The Balaban J connectivity index is 1.48. The minimum absolute atomic E-state index is 0.00177. The third kappa shape index (κ3) is 3.75. The first-order chi connectivity index (χ1) is 19.2. The van der Waals surface area contributed by atoms with Crippen LogP contribution in [0.4, 0.5) is 0 Å². The molecule has 11 heteroatoms. The molecule has 0 atom stereocenters. The van der Waals surface area contributed by atoms with Gasteiger partial charge in [0.15, 0.2) is 28.9 Å². The zero-order chi connectivity index (χ0) is 26.3. The first kappa shape index (κ1) is 22.0. The Morgan fingerprint density at radius 1 is 0.564 bits per heavy atom. The van der Waals surface area contributed by atoms with Crippen molar-refractivity contribution in [3.63, 3.8) is 0 Å². The Labute approximate surface area is 218 Å². The van der Waals surface area contributed by atoms with Crippen LogP contribution in [0.25, 0.3) is 34.0 Å². The van der Waals surface area contributed by atoms with E-state index >= 15 is 0 Å². The zero-order valence-corrected chi connectivity index (χ0v) is 19.8. The van der Waals surface area contributed by atoms with Gasteiger partial charge >= 0.3 is 0 Å². The molecule has 39 heavy (non-hydrogen) atoms. The molecule has 7 rings (SSSR count). The predicted molar refractivity (Wildman–Crippen MR) is 135 cm³/mol. The van der Waals surface area contributed by atoms with E-state index in [4.69, 9.17) is 4.42 Å². The second-order valence-corrected chi connectivity index (χ2v) is 8.34. The van der Waals surface area contributed by atoms with E-state index in [1.807, 2.05) is 36.4 Å². The molecule has 0 saturated heterocycles. The van der Waals surface area contributed by atoms with Crippen molar-refractivity contribution in [3.8, 4) is 23.9 Å². The maximum atomic E-state index is 10.1. The lowest BCUT2D eigenvalue weighted by molar-refractivity contribution is 0.611. The Morgan fingerprint density at radius 3 is 1.49 bits per heavy atom. The molecule has 0 unspecified atom stereocenters. The molecule has 0 N–H and O–H groups in total. The van der Waals surface area contributed by atoms with Gasteiger partial charge < -0.3 is 4.42 Å². The Bertz CT molecular complexity index is 2040. The summed E-state index contributed by atoms with van der Waals surface area (Å²) in [6, 6.07) is 25.9. The molecule has 0 saturated carbocycles. The van der Waals surface area contributed by atoms with Crippen LogP contribution in [0.15, 0.2) is 109 Å². The first-order valence-electron chi connectivity index (χ1n) is 11.7. The Kier molecular flexibility index (Phi) is 4.93. The molecule has 0 aliphatic carbocycles. The van der Waals surface area contributed by atoms with E-state index in [-0.39, 0.29) is 46.2 Å². The van der Waals surface area contributed by atoms with Gasteiger partial charge in [-0.15, -0.1) is 0 Å². The van der Waals surface area contributed by atoms with Crippen LogP contribution >= 0.6 is 0 Å². The van der Waals surface area contributed by atoms with Crippen molar-refractivity contribution >= 4 is 22.2 Å². The number of nitrogens with zero attached hydrogens (tertiary/aromatic N) is 10. The van der Waals surface area contributed by atoms with Crippen LogP contribution in [-0.2, 0) is 0 Å². The maximum Gasteiger partial charge on any atom is 0.266 e. The fourth-order valence-corrected chi connectivity index (χ4v) is 4.10. The van der Waals surface area contributed by atoms with Crippen LogP contribution in [0.2, 0.25) is 0 Å². The summed E-state index contributed by atoms with van der Waals surface area (Å²) >= 11 is 0. The number of benzene rings is 3. The predicted octanol–water partition coefficient (Wildman–Crippen LogP) is 1.97. The Morgan fingerprint density at radius 2 is 1.03 bits per heavy atom. The lowest BCUT2D eigenvalue weighted by Crippen LogP contribution is -2.19. The fraction of sp³-hybridized carbons (Fsp3) is 0. The van der Waals surface area contributed by atoms with Crippen LogP contribution in [0.5, 0.6) is 0 Å². The van der Waals surface area contributed by atoms with E-state index in [1.54, 1.807) is 36.4 Å². The minimum Gasteiger partial charge on any atom is -0.434 e. The van der Waals surface area contributed by atoms with E-state index < -0.39 is 0 Å². The summed E-state index contributed by atoms with van der Waals surface area (Å²) in [5.41, 5.74) is 1.12. The molecule has 2 aliphatic heterocycles. The molecule has 0 bridgehead atoms. The summed E-state index contributed by atoms with van der Waals surface area (Å²) in [7, 11) is 0. The van der Waals surface area contributed by atoms with E-state index in [9.17, 15) is 10.5 Å². The zero-order valence-electron chi connectivity index (χ0n) is 19.8. The number of nitriles is 2. The summed E-state index contributed by atoms with van der Waals surface area (Å²) in [6.45, 7) is 0. The van der Waals surface area contributed by atoms with Gasteiger partial charge in [-0.05, 0) is 36.4 Å². The van der Waals surface area contributed by atoms with E-state index in [0.717, 1.165) is 0 Å². The largest absolute Gasteiger partial charge is 0.434 e. The molecule has 11 nitrogen and oxygen atoms in total. The van der Waals surface area contributed by atoms with Crippen molar-refractivity contribution in [1.82, 2.24) is 19.9 Å². The highest BCUT2D eigenvalue weighted by Gasteiger charge is 2.23. The SMILES string of the molecule is N#CC(=C1N=c2ccccc2=N1)c1nc(C(C#N)=C2N=c3ccccc3=N2)nc(-c2nc3ccccc3o2)n1. The van der Waals surface area contributed by atoms with Crippen molar-refractivity contribution in [3.05, 3.63) is 118 Å². The summed E-state index contributed by atoms with van der Waals surface area (Å²) in [5.74, 6) is 0.330. The highest BCUT2D eigenvalue weighted by atomic mass is 16.3. The quantitative estimate of drug-likeness (QED) is 0.339. The van der Waals surface area contributed by atoms with Crippen LogP contribution in [-0.4, -0.2) is 19.9 Å². The second kappa shape index (κ2) is 8.73. The third-order valence-electron chi connectivity index (χ3n) is 5.91. The standard InChI is InChI=1S/C28H12N10O/c29-13-15(23-31-17-7-1-2-8-18(17)32-23)25-36-26(16(14-30)24-33-19-9-3-4-10-20(19)34-24)38-27(37-25)28-35-21-11-5-6-12-22(21)39-28/h1-12H. The smallest absolute Gasteiger partial charge is 0.266 e. The first-order valence-corrected chi connectivity index (χ1v) is 11.7. The lowest BCUT2D eigenvalue weighted by Gasteiger charge is -2.05. The number of hydrogen-bond acceptors (Lipinski definition) is 11. The van der Waals surface area contributed by atoms with Gasteiger partial charge in [-0.3, -0.25) is 0 Å². The van der Waals surface area contributed by atoms with Crippen molar-refractivity contribution in [1.29, 1.82) is 10.5 Å². The van der Waals surface area contributed by atoms with Crippen molar-refractivity contribution in [2.45, 2.75) is 0 Å². The molecule has 3 aromatic carbocycles. The van der Waals surface area contributed by atoms with Gasteiger partial charge in [-0.2, -0.15) is 10.5 Å². The van der Waals surface area contributed by atoms with Crippen molar-refractivity contribution < 1.29 is 4.42 Å². The maximum absolute atomic E-state index is 10.1. The van der Waals surface area contributed by atoms with Gasteiger partial charge in [0.1, 0.15) is 28.8 Å². The Hall–Kier alpha value is -6.20. The van der Waals surface area contributed by atoms with E-state index in [1.165, 1.54) is 0 Å². The topological polar surface area (TPSA) is 162 Å². The third-order valence-corrected chi connectivity index (χ3v) is 5.91. The monoisotopic (exact) mass is 504 g/mol. The average molecular weight is 504 g/mol. The van der Waals surface area contributed by atoms with Crippen LogP contribution in [0.1, 0.15) is 11.6 Å². The average Bonchev–Trinajstić information content (AvgIpc) is 3.70. The van der Waals surface area contributed by atoms with Crippen molar-refractivity contribution in [2.75, 3.05) is 0 Å². The lowest BCUT2D eigenvalue weighted by atomic mass is 10.2. The molecular weight excluding hydrogens is 492 g/mol. The molecule has 5 aromatic rings. The number of para-hydroxylation sites is 6. The van der Waals surface area contributed by atoms with Crippen LogP contribution < -0.4 is 21.4 Å². The number of fused-ring (bicyclic) bond motifs is 3. The van der Waals surface area contributed by atoms with Gasteiger partial charge in [0.25, 0.3) is 5.89 Å². The van der Waals surface area contributed by atoms with Crippen molar-refractivity contribution in [2.24, 2.45) is 20.0 Å². The van der Waals surface area contributed by atoms with Gasteiger partial charge in [-0.25, -0.2) is 39.9 Å². The van der Waals surface area contributed by atoms with E-state index in [2.05, 4.69) is 52.0 Å². The molecule has 180 valence electrons. The number of hydrogen-bond donors (Lipinski definition) is 0. The van der Waals surface area contributed by atoms with Gasteiger partial charge in [-0.1, -0.05) is 36.4 Å². The number of rotatable bonds is 3. The normalized spacial score (nSPS) is 12.8. The fourth-order valence-electron chi connectivity index (χ4n) is 4.10. The minimum atomic E-state index is -0.0427. The summed E-state index contributed by atoms with van der Waals surface area (Å²) in [5, 5.41) is 22.7. The molecule has 0 amide bonds. The number of aromatic nitrogens is 4. The molecular formula is C28H12N10O. The van der Waals surface area contributed by atoms with Gasteiger partial charge in [0.2, 0.25) is 5.82 Å². The summed E-state index contributed by atoms with van der Waals surface area (Å²) in [6.07, 6.45) is 0. The van der Waals surface area contributed by atoms with Crippen LogP contribution in [0, 0.1) is 22.7 Å². The molecule has 2 aromatic heterocycles. The molecule has 4 heterocycles. The summed E-state index contributed by atoms with van der Waals surface area (Å²) in [4.78, 5) is 35.8. The highest BCUT2D eigenvalue weighted by Crippen LogP contribution is 2.26. The van der Waals surface area contributed by atoms with Gasteiger partial charge in [0, 0.05) is 0 Å². The molecule has 0 fully saturated rings. The number of oxazole rings is 1. The van der Waals surface area contributed by atoms with Gasteiger partial charge in [0.05, 0.1) is 21.4 Å². The highest BCUT2D eigenvalue weighted by molar-refractivity contribution is 5.80. The summed E-state index contributed by atoms with van der Waals surface area (Å²) < 4.78 is 5.89. The van der Waals surface area contributed by atoms with E-state index in [0.29, 0.717) is 32.5 Å². The number of allylic oxidation sites excluding steroid dienone is 2.